The van der Waals surface area contributed by atoms with Crippen LogP contribution in [0.5, 0.6) is 0 Å². The van der Waals surface area contributed by atoms with Crippen LogP contribution in [0.25, 0.3) is 5.69 Å². The fourth-order valence-corrected chi connectivity index (χ4v) is 2.00. The molecule has 0 aliphatic rings. The summed E-state index contributed by atoms with van der Waals surface area (Å²) in [5.41, 5.74) is 4.97. The molecule has 2 aromatic heterocycles. The van der Waals surface area contributed by atoms with Crippen LogP contribution >= 0.6 is 0 Å². The second kappa shape index (κ2) is 6.61. The summed E-state index contributed by atoms with van der Waals surface area (Å²) in [6.45, 7) is 0. The molecule has 3 rings (SSSR count). The predicted octanol–water partition coefficient (Wildman–Crippen LogP) is 0.635. The maximum atomic E-state index is 12.1. The van der Waals surface area contributed by atoms with Crippen molar-refractivity contribution in [1.29, 1.82) is 0 Å². The molecule has 0 spiro atoms. The van der Waals surface area contributed by atoms with Crippen molar-refractivity contribution in [3.8, 4) is 5.69 Å². The highest BCUT2D eigenvalue weighted by molar-refractivity contribution is 5.97. The van der Waals surface area contributed by atoms with Gasteiger partial charge in [0.05, 0.1) is 5.69 Å². The van der Waals surface area contributed by atoms with E-state index in [9.17, 15) is 14.4 Å². The molecule has 0 saturated carbocycles. The van der Waals surface area contributed by atoms with E-state index in [0.717, 1.165) is 4.68 Å². The molecular weight excluding hydrogens is 310 g/mol. The van der Waals surface area contributed by atoms with Gasteiger partial charge in [0.1, 0.15) is 5.69 Å². The molecular formula is C16H13N5O3. The van der Waals surface area contributed by atoms with Crippen molar-refractivity contribution < 1.29 is 9.59 Å². The van der Waals surface area contributed by atoms with Gasteiger partial charge in [-0.3, -0.25) is 25.2 Å². The number of H-pyrrole nitrogens is 1. The van der Waals surface area contributed by atoms with Crippen LogP contribution in [-0.2, 0) is 0 Å². The van der Waals surface area contributed by atoms with Crippen LogP contribution in [0.1, 0.15) is 21.0 Å². The molecule has 0 unspecified atom stereocenters. The first kappa shape index (κ1) is 15.2. The first-order valence-electron chi connectivity index (χ1n) is 7.05. The summed E-state index contributed by atoms with van der Waals surface area (Å²) < 4.78 is 1.11. The Balaban J connectivity index is 1.76. The highest BCUT2D eigenvalue weighted by atomic mass is 16.2. The van der Waals surface area contributed by atoms with E-state index in [4.69, 9.17) is 0 Å². The van der Waals surface area contributed by atoms with E-state index in [1.54, 1.807) is 48.7 Å². The Bertz CT molecular complexity index is 916. The van der Waals surface area contributed by atoms with E-state index in [-0.39, 0.29) is 11.3 Å². The van der Waals surface area contributed by atoms with E-state index < -0.39 is 11.8 Å². The van der Waals surface area contributed by atoms with Crippen LogP contribution in [0.4, 0.5) is 0 Å². The van der Waals surface area contributed by atoms with Crippen molar-refractivity contribution in [2.45, 2.75) is 0 Å². The number of aromatic amines is 1. The lowest BCUT2D eigenvalue weighted by atomic mass is 10.3. The van der Waals surface area contributed by atoms with Gasteiger partial charge in [0.25, 0.3) is 17.4 Å². The van der Waals surface area contributed by atoms with Crippen molar-refractivity contribution in [1.82, 2.24) is 25.6 Å². The third-order valence-electron chi connectivity index (χ3n) is 3.17. The Morgan fingerprint density at radius 2 is 1.67 bits per heavy atom. The van der Waals surface area contributed by atoms with Crippen LogP contribution in [0.2, 0.25) is 0 Å². The van der Waals surface area contributed by atoms with Crippen molar-refractivity contribution in [2.24, 2.45) is 0 Å². The zero-order valence-electron chi connectivity index (χ0n) is 12.4. The van der Waals surface area contributed by atoms with Gasteiger partial charge in [0.2, 0.25) is 0 Å². The van der Waals surface area contributed by atoms with Crippen LogP contribution in [0, 0.1) is 0 Å². The van der Waals surface area contributed by atoms with Crippen LogP contribution in [0.3, 0.4) is 0 Å². The molecule has 2 amide bonds. The highest BCUT2D eigenvalue weighted by Gasteiger charge is 2.12. The SMILES string of the molecule is O=C(NNC(=O)c1ccc[nH]1)c1ccc(=O)n(-c2ccccc2)n1. The van der Waals surface area contributed by atoms with Gasteiger partial charge in [0.15, 0.2) is 5.69 Å². The van der Waals surface area contributed by atoms with Gasteiger partial charge in [0, 0.05) is 12.3 Å². The van der Waals surface area contributed by atoms with Crippen molar-refractivity contribution in [3.05, 3.63) is 82.5 Å². The summed E-state index contributed by atoms with van der Waals surface area (Å²) in [7, 11) is 0. The van der Waals surface area contributed by atoms with Gasteiger partial charge in [-0.05, 0) is 30.3 Å². The number of nitrogens with one attached hydrogen (secondary N) is 3. The quantitative estimate of drug-likeness (QED) is 0.614. The number of aromatic nitrogens is 3. The first-order valence-corrected chi connectivity index (χ1v) is 7.05. The molecule has 2 heterocycles. The first-order chi connectivity index (χ1) is 11.6. The maximum Gasteiger partial charge on any atom is 0.290 e. The number of hydrazine groups is 1. The summed E-state index contributed by atoms with van der Waals surface area (Å²) in [6.07, 6.45) is 1.59. The van der Waals surface area contributed by atoms with E-state index in [1.165, 1.54) is 12.1 Å². The fraction of sp³-hybridized carbons (Fsp3) is 0. The largest absolute Gasteiger partial charge is 0.357 e. The average molecular weight is 323 g/mol. The zero-order chi connectivity index (χ0) is 16.9. The topological polar surface area (TPSA) is 109 Å². The monoisotopic (exact) mass is 323 g/mol. The molecule has 8 heteroatoms. The second-order valence-electron chi connectivity index (χ2n) is 4.80. The van der Waals surface area contributed by atoms with Gasteiger partial charge in [-0.25, -0.2) is 0 Å². The fourth-order valence-electron chi connectivity index (χ4n) is 2.00. The van der Waals surface area contributed by atoms with E-state index in [2.05, 4.69) is 20.9 Å². The van der Waals surface area contributed by atoms with E-state index in [0.29, 0.717) is 11.4 Å². The molecule has 0 radical (unpaired) electrons. The molecule has 0 bridgehead atoms. The van der Waals surface area contributed by atoms with Crippen molar-refractivity contribution in [2.75, 3.05) is 0 Å². The third kappa shape index (κ3) is 3.22. The normalized spacial score (nSPS) is 10.2. The third-order valence-corrected chi connectivity index (χ3v) is 3.17. The Morgan fingerprint density at radius 3 is 2.38 bits per heavy atom. The number of amides is 2. The lowest BCUT2D eigenvalue weighted by Crippen LogP contribution is -2.42. The summed E-state index contributed by atoms with van der Waals surface area (Å²) >= 11 is 0. The molecule has 3 aromatic rings. The van der Waals surface area contributed by atoms with Gasteiger partial charge < -0.3 is 4.98 Å². The Hall–Kier alpha value is -3.68. The molecule has 0 aliphatic carbocycles. The number of nitrogens with zero attached hydrogens (tertiary/aromatic N) is 2. The molecule has 1 aromatic carbocycles. The van der Waals surface area contributed by atoms with Crippen molar-refractivity contribution in [3.63, 3.8) is 0 Å². The molecule has 24 heavy (non-hydrogen) atoms. The number of hydrogen-bond donors (Lipinski definition) is 3. The summed E-state index contributed by atoms with van der Waals surface area (Å²) in [4.78, 5) is 38.5. The second-order valence-corrected chi connectivity index (χ2v) is 4.80. The molecule has 8 nitrogen and oxygen atoms in total. The highest BCUT2D eigenvalue weighted by Crippen LogP contribution is 2.02. The van der Waals surface area contributed by atoms with Gasteiger partial charge in [-0.15, -0.1) is 0 Å². The number of benzene rings is 1. The standard InChI is InChI=1S/C16H13N5O3/c22-14-9-8-13(20-21(14)11-5-2-1-3-6-11)16(24)19-18-15(23)12-7-4-10-17-12/h1-10,17H,(H,18,23)(H,19,24). The lowest BCUT2D eigenvalue weighted by molar-refractivity contribution is 0.0840. The molecule has 0 saturated heterocycles. The van der Waals surface area contributed by atoms with Gasteiger partial charge in [-0.1, -0.05) is 18.2 Å². The average Bonchev–Trinajstić information content (AvgIpc) is 3.15. The Morgan fingerprint density at radius 1 is 0.917 bits per heavy atom. The number of hydrogen-bond acceptors (Lipinski definition) is 4. The van der Waals surface area contributed by atoms with Gasteiger partial charge >= 0.3 is 0 Å². The number of carbonyl (C=O) groups is 2. The minimum Gasteiger partial charge on any atom is -0.357 e. The molecule has 0 atom stereocenters. The van der Waals surface area contributed by atoms with Crippen molar-refractivity contribution >= 4 is 11.8 Å². The van der Waals surface area contributed by atoms with E-state index in [1.807, 2.05) is 0 Å². The molecule has 120 valence electrons. The van der Waals surface area contributed by atoms with Gasteiger partial charge in [-0.2, -0.15) is 9.78 Å². The zero-order valence-corrected chi connectivity index (χ0v) is 12.4. The Labute approximate surface area is 136 Å². The number of para-hydroxylation sites is 1. The maximum absolute atomic E-state index is 12.1. The van der Waals surface area contributed by atoms with Crippen LogP contribution in [0.15, 0.2) is 65.6 Å². The molecule has 0 fully saturated rings. The smallest absolute Gasteiger partial charge is 0.290 e. The van der Waals surface area contributed by atoms with Crippen LogP contribution < -0.4 is 16.4 Å². The lowest BCUT2D eigenvalue weighted by Gasteiger charge is -2.08. The van der Waals surface area contributed by atoms with Crippen LogP contribution in [-0.4, -0.2) is 26.6 Å². The predicted molar refractivity (Wildman–Crippen MR) is 85.6 cm³/mol. The Kier molecular flexibility index (Phi) is 4.19. The summed E-state index contributed by atoms with van der Waals surface area (Å²) in [6, 6.07) is 14.5. The van der Waals surface area contributed by atoms with E-state index >= 15 is 0 Å². The summed E-state index contributed by atoms with van der Waals surface area (Å²) in [5.74, 6) is -1.13. The number of rotatable bonds is 3. The summed E-state index contributed by atoms with van der Waals surface area (Å²) in [5, 5.41) is 4.02. The minimum atomic E-state index is -0.639. The number of carbonyl (C=O) groups excluding carboxylic acids is 2. The molecule has 3 N–H and O–H groups in total. The molecule has 0 aliphatic heterocycles. The minimum absolute atomic E-state index is 0.00904.